The minimum absolute atomic E-state index is 0.249. The van der Waals surface area contributed by atoms with E-state index in [1.807, 2.05) is 43.3 Å². The molecule has 0 aliphatic carbocycles. The maximum absolute atomic E-state index is 12.3. The molecule has 8 heteroatoms. The van der Waals surface area contributed by atoms with Gasteiger partial charge >= 0.3 is 0 Å². The van der Waals surface area contributed by atoms with Gasteiger partial charge in [-0.1, -0.05) is 30.3 Å². The van der Waals surface area contributed by atoms with Gasteiger partial charge in [-0.2, -0.15) is 10.1 Å². The van der Waals surface area contributed by atoms with Crippen LogP contribution < -0.4 is 10.9 Å². The molecule has 0 unspecified atom stereocenters. The molecule has 0 fully saturated rings. The third-order valence-corrected chi connectivity index (χ3v) is 3.84. The van der Waals surface area contributed by atoms with Gasteiger partial charge in [-0.3, -0.25) is 9.78 Å². The molecule has 25 heavy (non-hydrogen) atoms. The summed E-state index contributed by atoms with van der Waals surface area (Å²) in [5.74, 6) is 1.03. The maximum atomic E-state index is 12.3. The fourth-order valence-corrected chi connectivity index (χ4v) is 2.54. The highest BCUT2D eigenvalue weighted by molar-refractivity contribution is 5.76. The highest BCUT2D eigenvalue weighted by Gasteiger charge is 2.12. The van der Waals surface area contributed by atoms with Crippen LogP contribution in [-0.4, -0.2) is 24.9 Å². The number of H-pyrrole nitrogens is 1. The second-order valence-electron chi connectivity index (χ2n) is 5.54. The molecule has 0 radical (unpaired) electrons. The molecular weight excluding hydrogens is 320 g/mol. The van der Waals surface area contributed by atoms with Gasteiger partial charge in [-0.25, -0.2) is 4.68 Å². The fourth-order valence-electron chi connectivity index (χ4n) is 2.54. The van der Waals surface area contributed by atoms with Crippen molar-refractivity contribution in [1.82, 2.24) is 24.9 Å². The van der Waals surface area contributed by atoms with E-state index in [0.29, 0.717) is 29.3 Å². The molecule has 8 nitrogen and oxygen atoms in total. The van der Waals surface area contributed by atoms with Crippen LogP contribution in [-0.2, 0) is 13.0 Å². The first kappa shape index (κ1) is 15.1. The van der Waals surface area contributed by atoms with E-state index in [4.69, 9.17) is 4.52 Å². The molecule has 0 saturated heterocycles. The van der Waals surface area contributed by atoms with Crippen LogP contribution in [0.5, 0.6) is 0 Å². The van der Waals surface area contributed by atoms with Crippen LogP contribution in [0, 0.1) is 0 Å². The summed E-state index contributed by atoms with van der Waals surface area (Å²) in [6.07, 6.45) is 2.32. The molecule has 0 aliphatic rings. The van der Waals surface area contributed by atoms with Crippen LogP contribution in [0.2, 0.25) is 0 Å². The number of fused-ring (bicyclic) bond motifs is 1. The van der Waals surface area contributed by atoms with Crippen LogP contribution in [0.3, 0.4) is 0 Å². The first-order valence-corrected chi connectivity index (χ1v) is 7.96. The number of aromatic nitrogens is 5. The number of aryl methyl sites for hydroxylation is 1. The summed E-state index contributed by atoms with van der Waals surface area (Å²) in [7, 11) is 0. The number of anilines is 1. The highest BCUT2D eigenvalue weighted by atomic mass is 16.5. The van der Waals surface area contributed by atoms with Crippen LogP contribution >= 0.6 is 0 Å². The van der Waals surface area contributed by atoms with Gasteiger partial charge < -0.3 is 9.84 Å². The molecule has 0 saturated carbocycles. The van der Waals surface area contributed by atoms with Crippen LogP contribution in [0.1, 0.15) is 18.4 Å². The highest BCUT2D eigenvalue weighted by Crippen LogP contribution is 2.15. The van der Waals surface area contributed by atoms with Crippen molar-refractivity contribution >= 4 is 17.0 Å². The third kappa shape index (κ3) is 2.89. The van der Waals surface area contributed by atoms with Gasteiger partial charge in [0.25, 0.3) is 5.56 Å². The Morgan fingerprint density at radius 2 is 2.12 bits per heavy atom. The molecule has 1 aromatic carbocycles. The molecule has 2 N–H and O–H groups in total. The van der Waals surface area contributed by atoms with E-state index in [2.05, 4.69) is 25.5 Å². The minimum atomic E-state index is -0.249. The lowest BCUT2D eigenvalue weighted by Crippen LogP contribution is -2.13. The number of hydrogen-bond donors (Lipinski definition) is 2. The Hall–Kier alpha value is -3.42. The van der Waals surface area contributed by atoms with E-state index < -0.39 is 0 Å². The zero-order valence-corrected chi connectivity index (χ0v) is 13.6. The first-order valence-electron chi connectivity index (χ1n) is 7.96. The summed E-state index contributed by atoms with van der Waals surface area (Å²) in [5, 5.41) is 11.7. The van der Waals surface area contributed by atoms with E-state index in [0.717, 1.165) is 17.8 Å². The van der Waals surface area contributed by atoms with Gasteiger partial charge in [0.1, 0.15) is 5.39 Å². The molecule has 3 aromatic heterocycles. The van der Waals surface area contributed by atoms with Crippen LogP contribution in [0.15, 0.2) is 51.9 Å². The molecular formula is C17H16N6O2. The Labute approximate surface area is 142 Å². The van der Waals surface area contributed by atoms with Crippen LogP contribution in [0.4, 0.5) is 5.95 Å². The standard InChI is InChI=1S/C17H16N6O2/c1-2-11-8-13(25-22-11)9-18-17-20-15-14(16(24)21-17)10-19-23(15)12-6-4-3-5-7-12/h3-8,10H,2,9H2,1H3,(H2,18,20,21,24). The summed E-state index contributed by atoms with van der Waals surface area (Å²) in [5.41, 5.74) is 1.96. The Kier molecular flexibility index (Phi) is 3.77. The molecule has 4 rings (SSSR count). The average molecular weight is 336 g/mol. The largest absolute Gasteiger partial charge is 0.359 e. The van der Waals surface area contributed by atoms with Crippen molar-refractivity contribution in [2.75, 3.05) is 5.32 Å². The normalized spacial score (nSPS) is 11.1. The predicted molar refractivity (Wildman–Crippen MR) is 92.7 cm³/mol. The Morgan fingerprint density at radius 1 is 1.28 bits per heavy atom. The van der Waals surface area contributed by atoms with Gasteiger partial charge in [0, 0.05) is 6.07 Å². The fraction of sp³-hybridized carbons (Fsp3) is 0.176. The molecule has 0 bridgehead atoms. The van der Waals surface area contributed by atoms with E-state index in [-0.39, 0.29) is 5.56 Å². The molecule has 3 heterocycles. The zero-order valence-electron chi connectivity index (χ0n) is 13.6. The lowest BCUT2D eigenvalue weighted by molar-refractivity contribution is 0.382. The molecule has 0 aliphatic heterocycles. The lowest BCUT2D eigenvalue weighted by atomic mass is 10.3. The molecule has 0 amide bonds. The number of benzene rings is 1. The monoisotopic (exact) mass is 336 g/mol. The second kappa shape index (κ2) is 6.23. The topological polar surface area (TPSA) is 102 Å². The van der Waals surface area contributed by atoms with Crippen molar-refractivity contribution < 1.29 is 4.52 Å². The van der Waals surface area contributed by atoms with Gasteiger partial charge in [0.2, 0.25) is 5.95 Å². The minimum Gasteiger partial charge on any atom is -0.359 e. The average Bonchev–Trinajstić information content (AvgIpc) is 3.27. The van der Waals surface area contributed by atoms with Crippen LogP contribution in [0.25, 0.3) is 16.7 Å². The summed E-state index contributed by atoms with van der Waals surface area (Å²) >= 11 is 0. The summed E-state index contributed by atoms with van der Waals surface area (Å²) in [4.78, 5) is 19.5. The predicted octanol–water partition coefficient (Wildman–Crippen LogP) is 2.27. The Bertz CT molecular complexity index is 1060. The number of para-hydroxylation sites is 1. The van der Waals surface area contributed by atoms with Crippen molar-refractivity contribution in [3.05, 3.63) is 64.4 Å². The van der Waals surface area contributed by atoms with E-state index in [1.165, 1.54) is 6.20 Å². The first-order chi connectivity index (χ1) is 12.2. The van der Waals surface area contributed by atoms with Crippen molar-refractivity contribution in [3.63, 3.8) is 0 Å². The van der Waals surface area contributed by atoms with E-state index >= 15 is 0 Å². The maximum Gasteiger partial charge on any atom is 0.263 e. The van der Waals surface area contributed by atoms with Gasteiger partial charge in [-0.05, 0) is 18.6 Å². The zero-order chi connectivity index (χ0) is 17.2. The molecule has 4 aromatic rings. The summed E-state index contributed by atoms with van der Waals surface area (Å²) < 4.78 is 6.86. The van der Waals surface area contributed by atoms with Crippen molar-refractivity contribution in [2.45, 2.75) is 19.9 Å². The van der Waals surface area contributed by atoms with Crippen molar-refractivity contribution in [1.29, 1.82) is 0 Å². The number of nitrogens with zero attached hydrogens (tertiary/aromatic N) is 4. The van der Waals surface area contributed by atoms with E-state index in [1.54, 1.807) is 4.68 Å². The Morgan fingerprint density at radius 3 is 2.88 bits per heavy atom. The second-order valence-corrected chi connectivity index (χ2v) is 5.54. The van der Waals surface area contributed by atoms with E-state index in [9.17, 15) is 4.79 Å². The van der Waals surface area contributed by atoms with Gasteiger partial charge in [0.15, 0.2) is 11.4 Å². The molecule has 0 atom stereocenters. The molecule has 0 spiro atoms. The van der Waals surface area contributed by atoms with Gasteiger partial charge in [-0.15, -0.1) is 0 Å². The number of nitrogens with one attached hydrogen (secondary N) is 2. The van der Waals surface area contributed by atoms with Crippen molar-refractivity contribution in [3.8, 4) is 5.69 Å². The Balaban J connectivity index is 1.67. The van der Waals surface area contributed by atoms with Crippen molar-refractivity contribution in [2.24, 2.45) is 0 Å². The SMILES string of the molecule is CCc1cc(CNc2nc3c(cnn3-c3ccccc3)c(=O)[nH]2)on1. The lowest BCUT2D eigenvalue weighted by Gasteiger charge is -2.05. The number of hydrogen-bond acceptors (Lipinski definition) is 6. The van der Waals surface area contributed by atoms with Gasteiger partial charge in [0.05, 0.1) is 24.1 Å². The summed E-state index contributed by atoms with van der Waals surface area (Å²) in [6, 6.07) is 11.4. The number of rotatable bonds is 5. The summed E-state index contributed by atoms with van der Waals surface area (Å²) in [6.45, 7) is 2.38. The molecule has 126 valence electrons. The third-order valence-electron chi connectivity index (χ3n) is 3.84. The number of aromatic amines is 1. The smallest absolute Gasteiger partial charge is 0.263 e. The quantitative estimate of drug-likeness (QED) is 0.580.